The first-order valence-electron chi connectivity index (χ1n) is 10.9. The maximum Gasteiger partial charge on any atom is 0.342 e. The van der Waals surface area contributed by atoms with Crippen LogP contribution in [0.4, 0.5) is 5.69 Å². The van der Waals surface area contributed by atoms with Crippen LogP contribution in [0.2, 0.25) is 0 Å². The Kier molecular flexibility index (Phi) is 6.23. The lowest BCUT2D eigenvalue weighted by Crippen LogP contribution is -2.15. The van der Waals surface area contributed by atoms with E-state index in [1.165, 1.54) is 0 Å². The van der Waals surface area contributed by atoms with E-state index in [0.29, 0.717) is 22.4 Å². The van der Waals surface area contributed by atoms with Crippen LogP contribution in [0.25, 0.3) is 11.0 Å². The van der Waals surface area contributed by atoms with Crippen molar-refractivity contribution >= 4 is 32.6 Å². The average molecular weight is 478 g/mol. The minimum absolute atomic E-state index is 0.0780. The lowest BCUT2D eigenvalue weighted by Gasteiger charge is -2.19. The third-order valence-electron chi connectivity index (χ3n) is 5.56. The van der Waals surface area contributed by atoms with E-state index >= 15 is 0 Å². The van der Waals surface area contributed by atoms with E-state index in [1.54, 1.807) is 37.3 Å². The summed E-state index contributed by atoms with van der Waals surface area (Å²) in [4.78, 5) is 13.0. The second-order valence-corrected chi connectivity index (χ2v) is 10.9. The number of sulfonamides is 1. The van der Waals surface area contributed by atoms with Gasteiger partial charge in [-0.1, -0.05) is 63.2 Å². The average Bonchev–Trinajstić information content (AvgIpc) is 3.12. The maximum absolute atomic E-state index is 13.0. The standard InChI is InChI=1S/C27H27NO5S/c1-18-25(26(29)32-17-19-8-6-5-7-9-19)23-16-21(12-15-24(23)33-18)28-34(30,31)22-13-10-20(11-14-22)27(2,3)4/h5-16,28H,17H2,1-4H3. The van der Waals surface area contributed by atoms with E-state index < -0.39 is 16.0 Å². The summed E-state index contributed by atoms with van der Waals surface area (Å²) in [7, 11) is -3.81. The SMILES string of the molecule is Cc1oc2ccc(NS(=O)(=O)c3ccc(C(C)(C)C)cc3)cc2c1C(=O)OCc1ccccc1. The summed E-state index contributed by atoms with van der Waals surface area (Å²) >= 11 is 0. The molecule has 0 saturated carbocycles. The van der Waals surface area contributed by atoms with Crippen LogP contribution in [0.15, 0.2) is 82.1 Å². The highest BCUT2D eigenvalue weighted by molar-refractivity contribution is 7.92. The zero-order valence-corrected chi connectivity index (χ0v) is 20.4. The Labute approximate surface area is 199 Å². The van der Waals surface area contributed by atoms with Crippen molar-refractivity contribution in [2.75, 3.05) is 4.72 Å². The predicted octanol–water partition coefficient (Wildman–Crippen LogP) is 6.20. The molecule has 0 fully saturated rings. The molecule has 0 atom stereocenters. The van der Waals surface area contributed by atoms with Crippen LogP contribution >= 0.6 is 0 Å². The van der Waals surface area contributed by atoms with Gasteiger partial charge in [0.1, 0.15) is 23.5 Å². The summed E-state index contributed by atoms with van der Waals surface area (Å²) in [6.45, 7) is 8.01. The number of hydrogen-bond acceptors (Lipinski definition) is 5. The molecule has 0 radical (unpaired) electrons. The molecule has 0 spiro atoms. The number of fused-ring (bicyclic) bond motifs is 1. The van der Waals surface area contributed by atoms with Crippen LogP contribution in [0.3, 0.4) is 0 Å². The van der Waals surface area contributed by atoms with Gasteiger partial charge in [-0.25, -0.2) is 13.2 Å². The number of rotatable bonds is 6. The van der Waals surface area contributed by atoms with Gasteiger partial charge >= 0.3 is 5.97 Å². The number of furan rings is 1. The van der Waals surface area contributed by atoms with Gasteiger partial charge < -0.3 is 9.15 Å². The lowest BCUT2D eigenvalue weighted by molar-refractivity contribution is 0.0473. The molecule has 1 N–H and O–H groups in total. The quantitative estimate of drug-likeness (QED) is 0.334. The molecule has 6 nitrogen and oxygen atoms in total. The molecule has 3 aromatic carbocycles. The molecule has 1 heterocycles. The number of carbonyl (C=O) groups is 1. The van der Waals surface area contributed by atoms with E-state index in [0.717, 1.165) is 11.1 Å². The van der Waals surface area contributed by atoms with Gasteiger partial charge in [-0.3, -0.25) is 4.72 Å². The summed E-state index contributed by atoms with van der Waals surface area (Å²) in [5.41, 5.74) is 2.91. The fourth-order valence-electron chi connectivity index (χ4n) is 3.68. The molecule has 7 heteroatoms. The van der Waals surface area contributed by atoms with Gasteiger partial charge in [0.05, 0.1) is 4.90 Å². The second kappa shape index (κ2) is 8.99. The van der Waals surface area contributed by atoms with Crippen molar-refractivity contribution in [3.63, 3.8) is 0 Å². The number of carbonyl (C=O) groups excluding carboxylic acids is 1. The number of benzene rings is 3. The monoisotopic (exact) mass is 477 g/mol. The molecule has 0 saturated heterocycles. The molecule has 176 valence electrons. The van der Waals surface area contributed by atoms with Crippen molar-refractivity contribution in [2.45, 2.75) is 44.6 Å². The van der Waals surface area contributed by atoms with Crippen molar-refractivity contribution in [3.8, 4) is 0 Å². The smallest absolute Gasteiger partial charge is 0.342 e. The molecule has 0 unspecified atom stereocenters. The summed E-state index contributed by atoms with van der Waals surface area (Å²) in [5.74, 6) is -0.122. The van der Waals surface area contributed by atoms with Crippen LogP contribution in [-0.2, 0) is 26.8 Å². The highest BCUT2D eigenvalue weighted by Gasteiger charge is 2.22. The maximum atomic E-state index is 13.0. The largest absolute Gasteiger partial charge is 0.460 e. The Hall–Kier alpha value is -3.58. The Bertz CT molecular complexity index is 1430. The van der Waals surface area contributed by atoms with Gasteiger partial charge in [0.15, 0.2) is 0 Å². The number of esters is 1. The van der Waals surface area contributed by atoms with E-state index in [9.17, 15) is 13.2 Å². The highest BCUT2D eigenvalue weighted by atomic mass is 32.2. The zero-order valence-electron chi connectivity index (χ0n) is 19.6. The molecule has 0 aliphatic rings. The fourth-order valence-corrected chi connectivity index (χ4v) is 4.73. The van der Waals surface area contributed by atoms with Crippen LogP contribution in [0.5, 0.6) is 0 Å². The summed E-state index contributed by atoms with van der Waals surface area (Å²) < 4.78 is 39.7. The van der Waals surface area contributed by atoms with Crippen molar-refractivity contribution in [1.82, 2.24) is 0 Å². The molecule has 1 aromatic heterocycles. The van der Waals surface area contributed by atoms with E-state index in [-0.39, 0.29) is 22.5 Å². The van der Waals surface area contributed by atoms with Gasteiger partial charge in [0.2, 0.25) is 0 Å². The summed E-state index contributed by atoms with van der Waals surface area (Å²) in [5, 5.41) is 0.485. The topological polar surface area (TPSA) is 85.6 Å². The normalized spacial score (nSPS) is 12.0. The third kappa shape index (κ3) is 4.99. The van der Waals surface area contributed by atoms with Gasteiger partial charge in [-0.15, -0.1) is 0 Å². The van der Waals surface area contributed by atoms with E-state index in [2.05, 4.69) is 25.5 Å². The molecular weight excluding hydrogens is 450 g/mol. The van der Waals surface area contributed by atoms with E-state index in [1.807, 2.05) is 42.5 Å². The molecule has 0 amide bonds. The minimum Gasteiger partial charge on any atom is -0.460 e. The molecule has 4 aromatic rings. The minimum atomic E-state index is -3.81. The first-order valence-corrected chi connectivity index (χ1v) is 12.4. The van der Waals surface area contributed by atoms with Crippen LogP contribution < -0.4 is 4.72 Å². The fraction of sp³-hybridized carbons (Fsp3) is 0.222. The Balaban J connectivity index is 1.59. The molecule has 4 rings (SSSR count). The van der Waals surface area contributed by atoms with Gasteiger partial charge in [-0.05, 0) is 53.8 Å². The van der Waals surface area contributed by atoms with Crippen LogP contribution in [-0.4, -0.2) is 14.4 Å². The Morgan fingerprint density at radius 1 is 0.971 bits per heavy atom. The van der Waals surface area contributed by atoms with Crippen molar-refractivity contribution in [3.05, 3.63) is 95.2 Å². The van der Waals surface area contributed by atoms with Gasteiger partial charge in [0.25, 0.3) is 10.0 Å². The molecular formula is C27H27NO5S. The molecule has 0 aliphatic carbocycles. The third-order valence-corrected chi connectivity index (χ3v) is 6.96. The molecule has 0 bridgehead atoms. The van der Waals surface area contributed by atoms with Crippen LogP contribution in [0, 0.1) is 6.92 Å². The summed E-state index contributed by atoms with van der Waals surface area (Å²) in [6, 6.07) is 21.0. The van der Waals surface area contributed by atoms with Crippen molar-refractivity contribution in [1.29, 1.82) is 0 Å². The van der Waals surface area contributed by atoms with E-state index in [4.69, 9.17) is 9.15 Å². The summed E-state index contributed by atoms with van der Waals surface area (Å²) in [6.07, 6.45) is 0. The second-order valence-electron chi connectivity index (χ2n) is 9.19. The molecule has 0 aliphatic heterocycles. The van der Waals surface area contributed by atoms with Crippen molar-refractivity contribution < 1.29 is 22.4 Å². The number of aryl methyl sites for hydroxylation is 1. The van der Waals surface area contributed by atoms with Gasteiger partial charge in [-0.2, -0.15) is 0 Å². The number of ether oxygens (including phenoxy) is 1. The van der Waals surface area contributed by atoms with Crippen LogP contribution in [0.1, 0.15) is 48.0 Å². The Morgan fingerprint density at radius 2 is 1.65 bits per heavy atom. The molecule has 34 heavy (non-hydrogen) atoms. The predicted molar refractivity (Wildman–Crippen MR) is 132 cm³/mol. The van der Waals surface area contributed by atoms with Gasteiger partial charge in [0, 0.05) is 11.1 Å². The lowest BCUT2D eigenvalue weighted by atomic mass is 9.87. The number of anilines is 1. The number of hydrogen-bond donors (Lipinski definition) is 1. The first-order chi connectivity index (χ1) is 16.0. The number of nitrogens with one attached hydrogen (secondary N) is 1. The first kappa shape index (κ1) is 23.6. The van der Waals surface area contributed by atoms with Crippen molar-refractivity contribution in [2.24, 2.45) is 0 Å². The Morgan fingerprint density at radius 3 is 2.29 bits per heavy atom. The highest BCUT2D eigenvalue weighted by Crippen LogP contribution is 2.30. The zero-order chi connectivity index (χ0) is 24.5.